The maximum Gasteiger partial charge on any atom is 0.246 e. The van der Waals surface area contributed by atoms with Crippen molar-refractivity contribution in [1.29, 1.82) is 0 Å². The highest BCUT2D eigenvalue weighted by Gasteiger charge is 2.30. The van der Waals surface area contributed by atoms with Gasteiger partial charge in [0.05, 0.1) is 0 Å². The Labute approximate surface area is 115 Å². The van der Waals surface area contributed by atoms with Gasteiger partial charge in [-0.05, 0) is 18.2 Å². The van der Waals surface area contributed by atoms with E-state index in [4.69, 9.17) is 11.6 Å². The summed E-state index contributed by atoms with van der Waals surface area (Å²) in [6, 6.07) is 3.41. The van der Waals surface area contributed by atoms with Gasteiger partial charge >= 0.3 is 0 Å². The molecule has 0 atom stereocenters. The van der Waals surface area contributed by atoms with E-state index >= 15 is 0 Å². The summed E-state index contributed by atoms with van der Waals surface area (Å²) >= 11 is 5.70. The number of hydrogen-bond acceptors (Lipinski definition) is 3. The number of carbonyl (C=O) groups is 1. The standard InChI is InChI=1S/C11H12ClFN2O3S/c12-9-1-2-10(13)11(7-9)19(17,18)15-5-3-14(8-16)4-6-15/h1-2,7-8H,3-6H2. The summed E-state index contributed by atoms with van der Waals surface area (Å²) < 4.78 is 39.3. The first-order chi connectivity index (χ1) is 8.95. The highest BCUT2D eigenvalue weighted by Crippen LogP contribution is 2.23. The minimum absolute atomic E-state index is 0.146. The Kier molecular flexibility index (Phi) is 4.07. The number of carbonyl (C=O) groups excluding carboxylic acids is 1. The molecule has 0 bridgehead atoms. The minimum Gasteiger partial charge on any atom is -0.343 e. The van der Waals surface area contributed by atoms with Gasteiger partial charge in [0.1, 0.15) is 10.7 Å². The monoisotopic (exact) mass is 306 g/mol. The van der Waals surface area contributed by atoms with Gasteiger partial charge in [-0.15, -0.1) is 0 Å². The Morgan fingerprint density at radius 2 is 1.84 bits per heavy atom. The van der Waals surface area contributed by atoms with Gasteiger partial charge in [-0.3, -0.25) is 4.79 Å². The summed E-state index contributed by atoms with van der Waals surface area (Å²) in [5, 5.41) is 0.159. The molecule has 19 heavy (non-hydrogen) atoms. The lowest BCUT2D eigenvalue weighted by molar-refractivity contribution is -0.119. The van der Waals surface area contributed by atoms with Crippen LogP contribution in [0.5, 0.6) is 0 Å². The van der Waals surface area contributed by atoms with E-state index < -0.39 is 20.7 Å². The number of hydrogen-bond donors (Lipinski definition) is 0. The second-order valence-electron chi connectivity index (χ2n) is 4.12. The predicted molar refractivity (Wildman–Crippen MR) is 67.8 cm³/mol. The van der Waals surface area contributed by atoms with Crippen molar-refractivity contribution in [3.63, 3.8) is 0 Å². The maximum atomic E-state index is 13.6. The molecular weight excluding hydrogens is 295 g/mol. The van der Waals surface area contributed by atoms with Crippen LogP contribution < -0.4 is 0 Å². The quantitative estimate of drug-likeness (QED) is 0.781. The Hall–Kier alpha value is -1.18. The number of nitrogens with zero attached hydrogens (tertiary/aromatic N) is 2. The Balaban J connectivity index is 2.28. The van der Waals surface area contributed by atoms with E-state index in [1.165, 1.54) is 11.0 Å². The van der Waals surface area contributed by atoms with Crippen LogP contribution in [0.15, 0.2) is 23.1 Å². The molecule has 0 aliphatic carbocycles. The molecule has 0 unspecified atom stereocenters. The van der Waals surface area contributed by atoms with Gasteiger partial charge in [-0.2, -0.15) is 4.31 Å². The van der Waals surface area contributed by atoms with E-state index in [9.17, 15) is 17.6 Å². The van der Waals surface area contributed by atoms with Gasteiger partial charge in [0.2, 0.25) is 16.4 Å². The Bertz CT molecular complexity index is 586. The molecular formula is C11H12ClFN2O3S. The number of rotatable bonds is 3. The number of sulfonamides is 1. The van der Waals surface area contributed by atoms with E-state index in [0.717, 1.165) is 16.4 Å². The van der Waals surface area contributed by atoms with Gasteiger partial charge in [0.25, 0.3) is 0 Å². The van der Waals surface area contributed by atoms with Crippen molar-refractivity contribution in [3.8, 4) is 0 Å². The van der Waals surface area contributed by atoms with Gasteiger partial charge in [-0.25, -0.2) is 12.8 Å². The average Bonchev–Trinajstić information content (AvgIpc) is 2.41. The lowest BCUT2D eigenvalue weighted by Crippen LogP contribution is -2.48. The van der Waals surface area contributed by atoms with E-state index in [1.807, 2.05) is 0 Å². The summed E-state index contributed by atoms with van der Waals surface area (Å²) in [7, 11) is -3.92. The van der Waals surface area contributed by atoms with Crippen molar-refractivity contribution in [1.82, 2.24) is 9.21 Å². The highest BCUT2D eigenvalue weighted by atomic mass is 35.5. The first-order valence-electron chi connectivity index (χ1n) is 5.59. The van der Waals surface area contributed by atoms with Crippen LogP contribution in [0.2, 0.25) is 5.02 Å². The molecule has 1 aromatic rings. The number of halogens is 2. The summed E-state index contributed by atoms with van der Waals surface area (Å²) in [6.07, 6.45) is 0.671. The van der Waals surface area contributed by atoms with Gasteiger partial charge < -0.3 is 4.90 Å². The van der Waals surface area contributed by atoms with Gasteiger partial charge in [-0.1, -0.05) is 11.6 Å². The zero-order valence-electron chi connectivity index (χ0n) is 9.92. The van der Waals surface area contributed by atoms with Crippen LogP contribution in [0.1, 0.15) is 0 Å². The summed E-state index contributed by atoms with van der Waals surface area (Å²) in [4.78, 5) is 11.6. The van der Waals surface area contributed by atoms with Crippen molar-refractivity contribution < 1.29 is 17.6 Å². The second kappa shape index (κ2) is 5.44. The zero-order valence-corrected chi connectivity index (χ0v) is 11.5. The molecule has 2 rings (SSSR count). The molecule has 1 saturated heterocycles. The lowest BCUT2D eigenvalue weighted by Gasteiger charge is -2.31. The van der Waals surface area contributed by atoms with Crippen LogP contribution >= 0.6 is 11.6 Å². The molecule has 8 heteroatoms. The number of benzene rings is 1. The second-order valence-corrected chi connectivity index (χ2v) is 6.46. The minimum atomic E-state index is -3.92. The molecule has 0 radical (unpaired) electrons. The number of piperazine rings is 1. The Morgan fingerprint density at radius 3 is 2.42 bits per heavy atom. The van der Waals surface area contributed by atoms with E-state index in [1.54, 1.807) is 0 Å². The SMILES string of the molecule is O=CN1CCN(S(=O)(=O)c2cc(Cl)ccc2F)CC1. The summed E-state index contributed by atoms with van der Waals surface area (Å²) in [6.45, 7) is 0.885. The van der Waals surface area contributed by atoms with E-state index in [-0.39, 0.29) is 18.1 Å². The smallest absolute Gasteiger partial charge is 0.246 e. The fraction of sp³-hybridized carbons (Fsp3) is 0.364. The molecule has 1 amide bonds. The van der Waals surface area contributed by atoms with Crippen LogP contribution in [0, 0.1) is 5.82 Å². The Morgan fingerprint density at radius 1 is 1.21 bits per heavy atom. The fourth-order valence-electron chi connectivity index (χ4n) is 1.86. The van der Waals surface area contributed by atoms with Crippen LogP contribution in [-0.2, 0) is 14.8 Å². The molecule has 1 aromatic carbocycles. The third-order valence-electron chi connectivity index (χ3n) is 2.93. The molecule has 0 N–H and O–H groups in total. The molecule has 1 heterocycles. The zero-order chi connectivity index (χ0) is 14.0. The van der Waals surface area contributed by atoms with Gasteiger partial charge in [0.15, 0.2) is 0 Å². The molecule has 1 aliphatic heterocycles. The summed E-state index contributed by atoms with van der Waals surface area (Å²) in [5.74, 6) is -0.831. The largest absolute Gasteiger partial charge is 0.343 e. The topological polar surface area (TPSA) is 57.7 Å². The van der Waals surface area contributed by atoms with Crippen LogP contribution in [0.4, 0.5) is 4.39 Å². The molecule has 104 valence electrons. The van der Waals surface area contributed by atoms with Crippen molar-refractivity contribution >= 4 is 28.0 Å². The average molecular weight is 307 g/mol. The van der Waals surface area contributed by atoms with Crippen molar-refractivity contribution in [2.45, 2.75) is 4.90 Å². The van der Waals surface area contributed by atoms with Crippen molar-refractivity contribution in [2.75, 3.05) is 26.2 Å². The van der Waals surface area contributed by atoms with Crippen LogP contribution in [0.25, 0.3) is 0 Å². The molecule has 0 spiro atoms. The first-order valence-corrected chi connectivity index (χ1v) is 7.41. The van der Waals surface area contributed by atoms with E-state index in [0.29, 0.717) is 19.5 Å². The van der Waals surface area contributed by atoms with Crippen molar-refractivity contribution in [3.05, 3.63) is 29.0 Å². The molecule has 1 fully saturated rings. The number of amides is 1. The molecule has 0 aromatic heterocycles. The third kappa shape index (κ3) is 2.88. The molecule has 5 nitrogen and oxygen atoms in total. The van der Waals surface area contributed by atoms with E-state index in [2.05, 4.69) is 0 Å². The molecule has 0 saturated carbocycles. The van der Waals surface area contributed by atoms with Crippen molar-refractivity contribution in [2.24, 2.45) is 0 Å². The third-order valence-corrected chi connectivity index (χ3v) is 5.08. The highest BCUT2D eigenvalue weighted by molar-refractivity contribution is 7.89. The van der Waals surface area contributed by atoms with Gasteiger partial charge in [0, 0.05) is 31.2 Å². The maximum absolute atomic E-state index is 13.6. The first kappa shape index (κ1) is 14.2. The van der Waals surface area contributed by atoms with Crippen LogP contribution in [0.3, 0.4) is 0 Å². The van der Waals surface area contributed by atoms with Crippen LogP contribution in [-0.4, -0.2) is 50.2 Å². The molecule has 1 aliphatic rings. The summed E-state index contributed by atoms with van der Waals surface area (Å²) in [5.41, 5.74) is 0. The normalized spacial score (nSPS) is 17.5. The predicted octanol–water partition coefficient (Wildman–Crippen LogP) is 0.942. The lowest BCUT2D eigenvalue weighted by atomic mass is 10.3. The fourth-order valence-corrected chi connectivity index (χ4v) is 3.61.